The van der Waals surface area contributed by atoms with Crippen molar-refractivity contribution in [3.05, 3.63) is 11.0 Å². The Morgan fingerprint density at radius 2 is 2.19 bits per heavy atom. The molecule has 16 heavy (non-hydrogen) atoms. The highest BCUT2D eigenvalue weighted by atomic mass is 35.5. The van der Waals surface area contributed by atoms with Gasteiger partial charge in [-0.15, -0.1) is 0 Å². The first-order valence-corrected chi connectivity index (χ1v) is 6.90. The Labute approximate surface area is 105 Å². The van der Waals surface area contributed by atoms with E-state index < -0.39 is 0 Å². The average molecular weight is 261 g/mol. The number of nitrogens with two attached hydrogens (primary N) is 1. The molecule has 1 atom stereocenters. The van der Waals surface area contributed by atoms with Gasteiger partial charge in [0.1, 0.15) is 0 Å². The SMILES string of the molecule is CCC(CSC)Nc1nc(Cl)nc(C)c1N. The number of rotatable bonds is 5. The van der Waals surface area contributed by atoms with Gasteiger partial charge >= 0.3 is 0 Å². The van der Waals surface area contributed by atoms with Crippen LogP contribution in [0.3, 0.4) is 0 Å². The fourth-order valence-corrected chi connectivity index (χ4v) is 2.25. The van der Waals surface area contributed by atoms with E-state index in [0.717, 1.165) is 12.2 Å². The van der Waals surface area contributed by atoms with E-state index in [1.165, 1.54) is 0 Å². The van der Waals surface area contributed by atoms with Crippen LogP contribution < -0.4 is 11.1 Å². The van der Waals surface area contributed by atoms with Crippen molar-refractivity contribution in [1.29, 1.82) is 0 Å². The van der Waals surface area contributed by atoms with E-state index in [9.17, 15) is 0 Å². The lowest BCUT2D eigenvalue weighted by Gasteiger charge is -2.18. The van der Waals surface area contributed by atoms with Crippen LogP contribution in [0.1, 0.15) is 19.0 Å². The lowest BCUT2D eigenvalue weighted by Crippen LogP contribution is -2.23. The summed E-state index contributed by atoms with van der Waals surface area (Å²) in [5.74, 6) is 1.65. The summed E-state index contributed by atoms with van der Waals surface area (Å²) < 4.78 is 0. The minimum Gasteiger partial charge on any atom is -0.394 e. The van der Waals surface area contributed by atoms with Crippen LogP contribution in [-0.4, -0.2) is 28.0 Å². The lowest BCUT2D eigenvalue weighted by molar-refractivity contribution is 0.769. The first-order chi connectivity index (χ1) is 7.58. The highest BCUT2D eigenvalue weighted by molar-refractivity contribution is 7.98. The molecule has 0 aliphatic heterocycles. The van der Waals surface area contributed by atoms with Gasteiger partial charge in [0.05, 0.1) is 11.4 Å². The molecule has 0 fully saturated rings. The predicted octanol–water partition coefficient (Wildman–Crippen LogP) is 2.57. The summed E-state index contributed by atoms with van der Waals surface area (Å²) in [4.78, 5) is 8.11. The summed E-state index contributed by atoms with van der Waals surface area (Å²) in [5, 5.41) is 3.53. The molecule has 1 aromatic heterocycles. The largest absolute Gasteiger partial charge is 0.394 e. The molecular formula is C10H17ClN4S. The maximum Gasteiger partial charge on any atom is 0.224 e. The second-order valence-corrected chi connectivity index (χ2v) is 4.79. The highest BCUT2D eigenvalue weighted by Gasteiger charge is 2.11. The third kappa shape index (κ3) is 3.42. The number of anilines is 2. The van der Waals surface area contributed by atoms with Gasteiger partial charge in [-0.05, 0) is 31.2 Å². The smallest absolute Gasteiger partial charge is 0.224 e. The Hall–Kier alpha value is -0.680. The van der Waals surface area contributed by atoms with Crippen molar-refractivity contribution in [3.63, 3.8) is 0 Å². The molecule has 0 aliphatic rings. The fourth-order valence-electron chi connectivity index (χ4n) is 1.31. The van der Waals surface area contributed by atoms with Crippen molar-refractivity contribution < 1.29 is 0 Å². The van der Waals surface area contributed by atoms with Crippen molar-refractivity contribution in [1.82, 2.24) is 9.97 Å². The van der Waals surface area contributed by atoms with Crippen LogP contribution in [0.15, 0.2) is 0 Å². The van der Waals surface area contributed by atoms with Crippen molar-refractivity contribution in [2.75, 3.05) is 23.1 Å². The number of hydrogen-bond acceptors (Lipinski definition) is 5. The Kier molecular flexibility index (Phi) is 5.15. The number of aromatic nitrogens is 2. The van der Waals surface area contributed by atoms with Crippen molar-refractivity contribution in [3.8, 4) is 0 Å². The number of halogens is 1. The number of nitrogens with zero attached hydrogens (tertiary/aromatic N) is 2. The molecule has 1 rings (SSSR count). The van der Waals surface area contributed by atoms with Crippen LogP contribution in [0.4, 0.5) is 11.5 Å². The average Bonchev–Trinajstić information content (AvgIpc) is 2.24. The van der Waals surface area contributed by atoms with Gasteiger partial charge in [0.25, 0.3) is 0 Å². The number of aryl methyl sites for hydroxylation is 1. The third-order valence-electron chi connectivity index (χ3n) is 2.31. The Balaban J connectivity index is 2.87. The molecular weight excluding hydrogens is 244 g/mol. The normalized spacial score (nSPS) is 12.5. The fraction of sp³-hybridized carbons (Fsp3) is 0.600. The first kappa shape index (κ1) is 13.4. The molecule has 0 aromatic carbocycles. The Morgan fingerprint density at radius 1 is 1.50 bits per heavy atom. The van der Waals surface area contributed by atoms with Gasteiger partial charge < -0.3 is 11.1 Å². The van der Waals surface area contributed by atoms with Gasteiger partial charge in [0.15, 0.2) is 5.82 Å². The lowest BCUT2D eigenvalue weighted by atomic mass is 10.2. The van der Waals surface area contributed by atoms with Crippen LogP contribution in [0.25, 0.3) is 0 Å². The van der Waals surface area contributed by atoms with Crippen LogP contribution >= 0.6 is 23.4 Å². The zero-order valence-corrected chi connectivity index (χ0v) is 11.3. The topological polar surface area (TPSA) is 63.8 Å². The van der Waals surface area contributed by atoms with Crippen molar-refractivity contribution >= 4 is 34.9 Å². The molecule has 0 spiro atoms. The molecule has 0 radical (unpaired) electrons. The second-order valence-electron chi connectivity index (χ2n) is 3.55. The van der Waals surface area contributed by atoms with E-state index in [1.807, 2.05) is 6.92 Å². The molecule has 4 nitrogen and oxygen atoms in total. The van der Waals surface area contributed by atoms with E-state index in [-0.39, 0.29) is 5.28 Å². The Bertz CT molecular complexity index is 359. The molecule has 1 unspecified atom stereocenters. The predicted molar refractivity (Wildman–Crippen MR) is 72.3 cm³/mol. The van der Waals surface area contributed by atoms with Crippen LogP contribution in [0.5, 0.6) is 0 Å². The summed E-state index contributed by atoms with van der Waals surface area (Å²) in [6.07, 6.45) is 3.09. The maximum absolute atomic E-state index is 5.90. The van der Waals surface area contributed by atoms with Crippen molar-refractivity contribution in [2.45, 2.75) is 26.3 Å². The monoisotopic (exact) mass is 260 g/mol. The second kappa shape index (κ2) is 6.15. The minimum atomic E-state index is 0.230. The number of nitrogen functional groups attached to an aromatic ring is 1. The van der Waals surface area contributed by atoms with Gasteiger partial charge in [-0.1, -0.05) is 6.92 Å². The third-order valence-corrected chi connectivity index (χ3v) is 3.22. The summed E-state index contributed by atoms with van der Waals surface area (Å²) >= 11 is 7.59. The summed E-state index contributed by atoms with van der Waals surface area (Å²) in [6.45, 7) is 3.95. The molecule has 1 aromatic rings. The van der Waals surface area contributed by atoms with E-state index in [2.05, 4.69) is 28.5 Å². The molecule has 6 heteroatoms. The zero-order valence-electron chi connectivity index (χ0n) is 9.75. The van der Waals surface area contributed by atoms with Gasteiger partial charge in [-0.25, -0.2) is 4.98 Å². The molecule has 0 aliphatic carbocycles. The molecule has 90 valence electrons. The summed E-state index contributed by atoms with van der Waals surface area (Å²) in [7, 11) is 0. The molecule has 1 heterocycles. The number of hydrogen-bond donors (Lipinski definition) is 2. The number of thioether (sulfide) groups is 1. The maximum atomic E-state index is 5.90. The summed E-state index contributed by atoms with van der Waals surface area (Å²) in [5.41, 5.74) is 7.18. The van der Waals surface area contributed by atoms with E-state index in [4.69, 9.17) is 17.3 Å². The van der Waals surface area contributed by atoms with Crippen molar-refractivity contribution in [2.24, 2.45) is 0 Å². The molecule has 3 N–H and O–H groups in total. The van der Waals surface area contributed by atoms with E-state index in [1.54, 1.807) is 11.8 Å². The highest BCUT2D eigenvalue weighted by Crippen LogP contribution is 2.22. The molecule has 0 amide bonds. The van der Waals surface area contributed by atoms with Gasteiger partial charge in [0, 0.05) is 11.8 Å². The van der Waals surface area contributed by atoms with Crippen LogP contribution in [-0.2, 0) is 0 Å². The van der Waals surface area contributed by atoms with Gasteiger partial charge in [-0.3, -0.25) is 0 Å². The van der Waals surface area contributed by atoms with Gasteiger partial charge in [0.2, 0.25) is 5.28 Å². The van der Waals surface area contributed by atoms with Crippen LogP contribution in [0.2, 0.25) is 5.28 Å². The van der Waals surface area contributed by atoms with Gasteiger partial charge in [-0.2, -0.15) is 16.7 Å². The molecule has 0 saturated carbocycles. The standard InChI is InChI=1S/C10H17ClN4S/c1-4-7(5-16-3)14-9-8(12)6(2)13-10(11)15-9/h7H,4-5,12H2,1-3H3,(H,13,14,15). The molecule has 0 bridgehead atoms. The minimum absolute atomic E-state index is 0.230. The first-order valence-electron chi connectivity index (χ1n) is 5.13. The summed E-state index contributed by atoms with van der Waals surface area (Å²) in [6, 6.07) is 0.350. The van der Waals surface area contributed by atoms with E-state index in [0.29, 0.717) is 23.2 Å². The quantitative estimate of drug-likeness (QED) is 0.797. The number of nitrogens with one attached hydrogen (secondary N) is 1. The molecule has 0 saturated heterocycles. The Morgan fingerprint density at radius 3 is 2.75 bits per heavy atom. The zero-order chi connectivity index (χ0) is 12.1. The van der Waals surface area contributed by atoms with E-state index >= 15 is 0 Å². The van der Waals surface area contributed by atoms with Crippen LogP contribution in [0, 0.1) is 6.92 Å².